The number of fused-ring (bicyclic) bond motifs is 1. The normalized spacial score (nSPS) is 29.3. The molecular formula is C25H31NO4. The molecule has 4 aliphatic rings. The number of methoxy groups -OCH3 is 1. The van der Waals surface area contributed by atoms with Crippen molar-refractivity contribution in [2.24, 2.45) is 23.2 Å². The van der Waals surface area contributed by atoms with E-state index in [0.29, 0.717) is 35.2 Å². The van der Waals surface area contributed by atoms with Crippen LogP contribution in [-0.2, 0) is 11.2 Å². The van der Waals surface area contributed by atoms with Crippen LogP contribution in [0.5, 0.6) is 5.75 Å². The van der Waals surface area contributed by atoms with Gasteiger partial charge in [-0.25, -0.2) is 4.79 Å². The molecule has 1 amide bonds. The van der Waals surface area contributed by atoms with Crippen molar-refractivity contribution >= 4 is 16.9 Å². The van der Waals surface area contributed by atoms with Crippen molar-refractivity contribution < 1.29 is 13.9 Å². The molecule has 6 rings (SSSR count). The summed E-state index contributed by atoms with van der Waals surface area (Å²) in [5, 5.41) is 4.10. The average Bonchev–Trinajstić information content (AvgIpc) is 2.70. The van der Waals surface area contributed by atoms with Gasteiger partial charge >= 0.3 is 5.63 Å². The summed E-state index contributed by atoms with van der Waals surface area (Å²) in [5.41, 5.74) is 1.98. The molecule has 0 radical (unpaired) electrons. The van der Waals surface area contributed by atoms with Gasteiger partial charge in [-0.15, -0.1) is 0 Å². The minimum absolute atomic E-state index is 0.0411. The van der Waals surface area contributed by atoms with Gasteiger partial charge in [0.1, 0.15) is 11.3 Å². The Labute approximate surface area is 177 Å². The molecular weight excluding hydrogens is 378 g/mol. The molecule has 160 valence electrons. The molecule has 0 spiro atoms. The first kappa shape index (κ1) is 19.7. The van der Waals surface area contributed by atoms with Crippen LogP contribution in [0.4, 0.5) is 0 Å². The Morgan fingerprint density at radius 2 is 1.83 bits per heavy atom. The zero-order valence-electron chi connectivity index (χ0n) is 18.0. The van der Waals surface area contributed by atoms with Crippen LogP contribution in [0.1, 0.15) is 56.1 Å². The first-order chi connectivity index (χ1) is 14.4. The highest BCUT2D eigenvalue weighted by Gasteiger charge is 2.50. The summed E-state index contributed by atoms with van der Waals surface area (Å²) < 4.78 is 10.7. The summed E-state index contributed by atoms with van der Waals surface area (Å²) in [7, 11) is 1.59. The van der Waals surface area contributed by atoms with E-state index in [0.717, 1.165) is 35.2 Å². The number of ether oxygens (including phenoxy) is 1. The molecule has 0 saturated heterocycles. The second-order valence-electron chi connectivity index (χ2n) is 10.0. The van der Waals surface area contributed by atoms with Crippen LogP contribution >= 0.6 is 0 Å². The molecule has 5 nitrogen and oxygen atoms in total. The van der Waals surface area contributed by atoms with Gasteiger partial charge in [0.2, 0.25) is 5.91 Å². The monoisotopic (exact) mass is 409 g/mol. The molecule has 1 aromatic carbocycles. The third-order valence-electron chi connectivity index (χ3n) is 7.92. The van der Waals surface area contributed by atoms with Gasteiger partial charge in [-0.1, -0.05) is 0 Å². The number of hydrogen-bond acceptors (Lipinski definition) is 4. The van der Waals surface area contributed by atoms with E-state index in [-0.39, 0.29) is 11.5 Å². The van der Waals surface area contributed by atoms with Gasteiger partial charge in [-0.3, -0.25) is 4.79 Å². The number of nitrogens with one attached hydrogen (secondary N) is 1. The van der Waals surface area contributed by atoms with Crippen LogP contribution < -0.4 is 15.7 Å². The first-order valence-electron chi connectivity index (χ1n) is 11.3. The highest BCUT2D eigenvalue weighted by atomic mass is 16.5. The first-order valence-corrected chi connectivity index (χ1v) is 11.3. The molecule has 0 atom stereocenters. The zero-order chi connectivity index (χ0) is 20.9. The van der Waals surface area contributed by atoms with E-state index in [9.17, 15) is 9.59 Å². The summed E-state index contributed by atoms with van der Waals surface area (Å²) >= 11 is 0. The summed E-state index contributed by atoms with van der Waals surface area (Å²) in [6.45, 7) is 2.73. The number of hydrogen-bond donors (Lipinski definition) is 1. The minimum atomic E-state index is -0.359. The maximum Gasteiger partial charge on any atom is 0.339 e. The van der Waals surface area contributed by atoms with Crippen LogP contribution in [-0.4, -0.2) is 19.6 Å². The lowest BCUT2D eigenvalue weighted by molar-refractivity contribution is -0.123. The largest absolute Gasteiger partial charge is 0.497 e. The maximum atomic E-state index is 12.6. The van der Waals surface area contributed by atoms with E-state index in [4.69, 9.17) is 9.15 Å². The lowest BCUT2D eigenvalue weighted by Crippen LogP contribution is -2.51. The van der Waals surface area contributed by atoms with Gasteiger partial charge in [-0.2, -0.15) is 0 Å². The highest BCUT2D eigenvalue weighted by Crippen LogP contribution is 2.59. The van der Waals surface area contributed by atoms with Crippen molar-refractivity contribution in [1.29, 1.82) is 0 Å². The molecule has 5 heteroatoms. The standard InChI is InChI=1S/C25H31NO4/c1-15-20-4-3-19(29-2)10-22(20)30-24(28)21(15)5-6-23(27)26-14-25-11-16-7-17(12-25)9-18(8-16)13-25/h3-4,10,16-18H,5-9,11-14H2,1-2H3,(H,26,27). The van der Waals surface area contributed by atoms with Crippen LogP contribution in [0.25, 0.3) is 11.0 Å². The Morgan fingerprint density at radius 3 is 2.47 bits per heavy atom. The number of rotatable bonds is 6. The molecule has 1 heterocycles. The van der Waals surface area contributed by atoms with Crippen LogP contribution in [0.2, 0.25) is 0 Å². The predicted molar refractivity (Wildman–Crippen MR) is 116 cm³/mol. The van der Waals surface area contributed by atoms with Crippen LogP contribution in [0.3, 0.4) is 0 Å². The topological polar surface area (TPSA) is 68.5 Å². The maximum absolute atomic E-state index is 12.6. The van der Waals surface area contributed by atoms with Gasteiger partial charge in [-0.05, 0) is 92.7 Å². The molecule has 2 aromatic rings. The number of amides is 1. The van der Waals surface area contributed by atoms with Crippen molar-refractivity contribution in [1.82, 2.24) is 5.32 Å². The summed E-state index contributed by atoms with van der Waals surface area (Å²) in [6.07, 6.45) is 8.83. The van der Waals surface area contributed by atoms with Gasteiger partial charge in [0.05, 0.1) is 7.11 Å². The highest BCUT2D eigenvalue weighted by molar-refractivity contribution is 5.82. The Bertz CT molecular complexity index is 1000. The molecule has 4 bridgehead atoms. The van der Waals surface area contributed by atoms with Gasteiger partial charge in [0, 0.05) is 30.0 Å². The second-order valence-corrected chi connectivity index (χ2v) is 10.0. The van der Waals surface area contributed by atoms with Crippen molar-refractivity contribution in [2.75, 3.05) is 13.7 Å². The molecule has 4 fully saturated rings. The zero-order valence-corrected chi connectivity index (χ0v) is 18.0. The van der Waals surface area contributed by atoms with E-state index in [2.05, 4.69) is 5.32 Å². The van der Waals surface area contributed by atoms with E-state index < -0.39 is 0 Å². The Kier molecular flexibility index (Phi) is 4.87. The van der Waals surface area contributed by atoms with Crippen LogP contribution in [0.15, 0.2) is 27.4 Å². The Morgan fingerprint density at radius 1 is 1.17 bits per heavy atom. The Hall–Kier alpha value is -2.30. The molecule has 30 heavy (non-hydrogen) atoms. The van der Waals surface area contributed by atoms with Gasteiger partial charge in [0.25, 0.3) is 0 Å². The predicted octanol–water partition coefficient (Wildman–Crippen LogP) is 4.38. The third kappa shape index (κ3) is 3.52. The fourth-order valence-electron chi connectivity index (χ4n) is 6.91. The second kappa shape index (κ2) is 7.44. The molecule has 4 saturated carbocycles. The summed E-state index contributed by atoms with van der Waals surface area (Å²) in [6, 6.07) is 5.49. The Balaban J connectivity index is 1.23. The fourth-order valence-corrected chi connectivity index (χ4v) is 6.91. The van der Waals surface area contributed by atoms with Gasteiger partial charge in [0.15, 0.2) is 0 Å². The molecule has 0 aliphatic heterocycles. The summed E-state index contributed by atoms with van der Waals surface area (Å²) in [5.74, 6) is 3.35. The third-order valence-corrected chi connectivity index (χ3v) is 7.92. The molecule has 0 unspecified atom stereocenters. The van der Waals surface area contributed by atoms with E-state index in [1.807, 2.05) is 19.1 Å². The van der Waals surface area contributed by atoms with Crippen molar-refractivity contribution in [3.63, 3.8) is 0 Å². The van der Waals surface area contributed by atoms with E-state index in [1.165, 1.54) is 38.5 Å². The lowest BCUT2D eigenvalue weighted by Gasteiger charge is -2.56. The quantitative estimate of drug-likeness (QED) is 0.719. The summed E-state index contributed by atoms with van der Waals surface area (Å²) in [4.78, 5) is 25.1. The smallest absolute Gasteiger partial charge is 0.339 e. The van der Waals surface area contributed by atoms with Crippen molar-refractivity contribution in [3.05, 3.63) is 39.7 Å². The molecule has 1 aromatic heterocycles. The van der Waals surface area contributed by atoms with Gasteiger partial charge < -0.3 is 14.5 Å². The number of carbonyl (C=O) groups is 1. The number of carbonyl (C=O) groups excluding carboxylic acids is 1. The fraction of sp³-hybridized carbons (Fsp3) is 0.600. The van der Waals surface area contributed by atoms with Crippen LogP contribution in [0, 0.1) is 30.1 Å². The molecule has 1 N–H and O–H groups in total. The minimum Gasteiger partial charge on any atom is -0.497 e. The average molecular weight is 410 g/mol. The van der Waals surface area contributed by atoms with E-state index in [1.54, 1.807) is 13.2 Å². The van der Waals surface area contributed by atoms with Crippen molar-refractivity contribution in [2.45, 2.75) is 58.3 Å². The number of benzene rings is 1. The lowest BCUT2D eigenvalue weighted by atomic mass is 9.49. The molecule has 4 aliphatic carbocycles. The SMILES string of the molecule is COc1ccc2c(C)c(CCC(=O)NCC34CC5CC(CC(C5)C3)C4)c(=O)oc2c1. The number of aryl methyl sites for hydroxylation is 1. The van der Waals surface area contributed by atoms with Crippen molar-refractivity contribution in [3.8, 4) is 5.75 Å². The van der Waals surface area contributed by atoms with E-state index >= 15 is 0 Å².